The average Bonchev–Trinajstić information content (AvgIpc) is 2.40. The summed E-state index contributed by atoms with van der Waals surface area (Å²) >= 11 is 0. The average molecular weight is 296 g/mol. The molecule has 21 heavy (non-hydrogen) atoms. The Morgan fingerprint density at radius 1 is 1.19 bits per heavy atom. The zero-order valence-corrected chi connectivity index (χ0v) is 14.8. The molecule has 0 bridgehead atoms. The number of nitrogens with zero attached hydrogens (tertiary/aromatic N) is 2. The van der Waals surface area contributed by atoms with Gasteiger partial charge in [0.1, 0.15) is 0 Å². The van der Waals surface area contributed by atoms with Gasteiger partial charge in [-0.3, -0.25) is 0 Å². The first-order valence-electron chi connectivity index (χ1n) is 9.05. The lowest BCUT2D eigenvalue weighted by molar-refractivity contribution is 0.0594. The van der Waals surface area contributed by atoms with E-state index >= 15 is 0 Å². The van der Waals surface area contributed by atoms with Gasteiger partial charge in [0.15, 0.2) is 0 Å². The van der Waals surface area contributed by atoms with Gasteiger partial charge in [-0.2, -0.15) is 0 Å². The summed E-state index contributed by atoms with van der Waals surface area (Å²) in [6.45, 7) is 8.89. The summed E-state index contributed by atoms with van der Waals surface area (Å²) in [6.07, 6.45) is 8.50. The maximum absolute atomic E-state index is 3.49. The van der Waals surface area contributed by atoms with Gasteiger partial charge in [-0.05, 0) is 77.2 Å². The van der Waals surface area contributed by atoms with Gasteiger partial charge in [0.2, 0.25) is 0 Å². The number of piperidine rings is 1. The first kappa shape index (κ1) is 17.2. The third-order valence-corrected chi connectivity index (χ3v) is 5.63. The maximum atomic E-state index is 3.49. The van der Waals surface area contributed by atoms with E-state index in [-0.39, 0.29) is 0 Å². The summed E-state index contributed by atoms with van der Waals surface area (Å²) in [5, 5.41) is 3.49. The van der Waals surface area contributed by atoms with Crippen molar-refractivity contribution in [1.29, 1.82) is 0 Å². The number of hydrogen-bond donors (Lipinski definition) is 1. The summed E-state index contributed by atoms with van der Waals surface area (Å²) in [6, 6.07) is 0. The predicted molar refractivity (Wildman–Crippen MR) is 91.7 cm³/mol. The van der Waals surface area contributed by atoms with Crippen LogP contribution < -0.4 is 5.32 Å². The van der Waals surface area contributed by atoms with Crippen LogP contribution in [0.25, 0.3) is 0 Å². The van der Waals surface area contributed by atoms with Crippen LogP contribution in [-0.2, 0) is 0 Å². The molecule has 1 aliphatic heterocycles. The molecule has 0 amide bonds. The van der Waals surface area contributed by atoms with Crippen LogP contribution in [0.1, 0.15) is 45.4 Å². The summed E-state index contributed by atoms with van der Waals surface area (Å²) in [7, 11) is 6.54. The van der Waals surface area contributed by atoms with E-state index < -0.39 is 0 Å². The lowest BCUT2D eigenvalue weighted by Gasteiger charge is -2.45. The van der Waals surface area contributed by atoms with E-state index in [4.69, 9.17) is 0 Å². The van der Waals surface area contributed by atoms with Crippen LogP contribution in [0.2, 0.25) is 0 Å². The van der Waals surface area contributed by atoms with Crippen LogP contribution in [0.15, 0.2) is 0 Å². The fraction of sp³-hybridized carbons (Fsp3) is 1.00. The van der Waals surface area contributed by atoms with Gasteiger partial charge < -0.3 is 15.1 Å². The Morgan fingerprint density at radius 2 is 1.90 bits per heavy atom. The van der Waals surface area contributed by atoms with E-state index in [0.29, 0.717) is 5.41 Å². The third kappa shape index (κ3) is 5.22. The Kier molecular flexibility index (Phi) is 6.51. The van der Waals surface area contributed by atoms with Gasteiger partial charge in [-0.25, -0.2) is 0 Å². The Balaban J connectivity index is 1.84. The molecule has 0 radical (unpaired) electrons. The molecule has 1 saturated carbocycles. The Hall–Kier alpha value is -0.120. The minimum absolute atomic E-state index is 0.542. The molecule has 0 spiro atoms. The third-order valence-electron chi connectivity index (χ3n) is 5.63. The van der Waals surface area contributed by atoms with E-state index in [9.17, 15) is 0 Å². The van der Waals surface area contributed by atoms with Crippen molar-refractivity contribution in [3.8, 4) is 0 Å². The first-order valence-corrected chi connectivity index (χ1v) is 9.05. The van der Waals surface area contributed by atoms with Crippen LogP contribution in [0.4, 0.5) is 0 Å². The second-order valence-corrected chi connectivity index (χ2v) is 8.21. The van der Waals surface area contributed by atoms with Crippen LogP contribution in [-0.4, -0.2) is 63.7 Å². The summed E-state index contributed by atoms with van der Waals surface area (Å²) in [5.41, 5.74) is 0.542. The topological polar surface area (TPSA) is 18.5 Å². The van der Waals surface area contributed by atoms with Gasteiger partial charge in [0.25, 0.3) is 0 Å². The highest BCUT2D eigenvalue weighted by molar-refractivity contribution is 4.90. The summed E-state index contributed by atoms with van der Waals surface area (Å²) < 4.78 is 0. The molecular formula is C18H37N3. The van der Waals surface area contributed by atoms with Crippen LogP contribution >= 0.6 is 0 Å². The number of nitrogens with one attached hydrogen (secondary N) is 1. The monoisotopic (exact) mass is 295 g/mol. The highest BCUT2D eigenvalue weighted by atomic mass is 15.1. The fourth-order valence-electron chi connectivity index (χ4n) is 4.82. The molecule has 1 aliphatic carbocycles. The molecule has 0 aromatic heterocycles. The van der Waals surface area contributed by atoms with Gasteiger partial charge in [-0.1, -0.05) is 19.8 Å². The molecule has 2 fully saturated rings. The Morgan fingerprint density at radius 3 is 2.48 bits per heavy atom. The zero-order chi connectivity index (χ0) is 15.3. The SMILES string of the molecule is CNCC1(CN2CCC(CN(C)C)CC2)CCCC(C)C1. The molecule has 3 nitrogen and oxygen atoms in total. The largest absolute Gasteiger partial charge is 0.319 e. The normalized spacial score (nSPS) is 32.7. The Labute approximate surface area is 132 Å². The van der Waals surface area contributed by atoms with E-state index in [2.05, 4.69) is 43.2 Å². The quantitative estimate of drug-likeness (QED) is 0.813. The van der Waals surface area contributed by atoms with Gasteiger partial charge in [0, 0.05) is 19.6 Å². The highest BCUT2D eigenvalue weighted by Gasteiger charge is 2.36. The molecule has 1 saturated heterocycles. The minimum atomic E-state index is 0.542. The van der Waals surface area contributed by atoms with Crippen molar-refractivity contribution in [3.63, 3.8) is 0 Å². The highest BCUT2D eigenvalue weighted by Crippen LogP contribution is 2.40. The van der Waals surface area contributed by atoms with Crippen molar-refractivity contribution in [3.05, 3.63) is 0 Å². The lowest BCUT2D eigenvalue weighted by atomic mass is 9.69. The van der Waals surface area contributed by atoms with Gasteiger partial charge >= 0.3 is 0 Å². The van der Waals surface area contributed by atoms with Crippen molar-refractivity contribution in [1.82, 2.24) is 15.1 Å². The molecule has 124 valence electrons. The van der Waals surface area contributed by atoms with E-state index in [1.165, 1.54) is 71.2 Å². The molecular weight excluding hydrogens is 258 g/mol. The van der Waals surface area contributed by atoms with E-state index in [1.807, 2.05) is 0 Å². The maximum Gasteiger partial charge on any atom is 0.00502 e. The van der Waals surface area contributed by atoms with E-state index in [0.717, 1.165) is 11.8 Å². The molecule has 1 N–H and O–H groups in total. The number of likely N-dealkylation sites (tertiary alicyclic amines) is 1. The molecule has 1 heterocycles. The first-order chi connectivity index (χ1) is 10.0. The molecule has 0 aromatic rings. The second kappa shape index (κ2) is 7.94. The van der Waals surface area contributed by atoms with E-state index in [1.54, 1.807) is 0 Å². The predicted octanol–water partition coefficient (Wildman–Crippen LogP) is 2.68. The molecule has 0 aromatic carbocycles. The summed E-state index contributed by atoms with van der Waals surface area (Å²) in [5.74, 6) is 1.83. The molecule has 2 rings (SSSR count). The lowest BCUT2D eigenvalue weighted by Crippen LogP contribution is -2.48. The van der Waals surface area contributed by atoms with Crippen molar-refractivity contribution >= 4 is 0 Å². The van der Waals surface area contributed by atoms with Crippen molar-refractivity contribution in [2.45, 2.75) is 45.4 Å². The molecule has 3 heteroatoms. The zero-order valence-electron chi connectivity index (χ0n) is 14.8. The van der Waals surface area contributed by atoms with Crippen molar-refractivity contribution in [2.75, 3.05) is 53.9 Å². The van der Waals surface area contributed by atoms with Crippen LogP contribution in [0, 0.1) is 17.3 Å². The smallest absolute Gasteiger partial charge is 0.00502 e. The summed E-state index contributed by atoms with van der Waals surface area (Å²) in [4.78, 5) is 5.12. The standard InChI is InChI=1S/C18H37N3/c1-16-6-5-9-18(12-16,14-19-2)15-21-10-7-17(8-11-21)13-20(3)4/h16-17,19H,5-15H2,1-4H3. The molecule has 2 aliphatic rings. The van der Waals surface area contributed by atoms with Crippen LogP contribution in [0.3, 0.4) is 0 Å². The second-order valence-electron chi connectivity index (χ2n) is 8.21. The van der Waals surface area contributed by atoms with Gasteiger partial charge in [0.05, 0.1) is 0 Å². The molecule has 2 atom stereocenters. The van der Waals surface area contributed by atoms with Crippen molar-refractivity contribution < 1.29 is 0 Å². The molecule has 2 unspecified atom stereocenters. The van der Waals surface area contributed by atoms with Crippen molar-refractivity contribution in [2.24, 2.45) is 17.3 Å². The van der Waals surface area contributed by atoms with Crippen LogP contribution in [0.5, 0.6) is 0 Å². The Bertz CT molecular complexity index is 293. The van der Waals surface area contributed by atoms with Gasteiger partial charge in [-0.15, -0.1) is 0 Å². The number of hydrogen-bond acceptors (Lipinski definition) is 3. The minimum Gasteiger partial charge on any atom is -0.319 e. The fourth-order valence-corrected chi connectivity index (χ4v) is 4.82. The number of rotatable bonds is 6.